The van der Waals surface area contributed by atoms with E-state index in [1.54, 1.807) is 11.9 Å². The molecule has 3 N–H and O–H groups in total. The molecular formula is C30H34ClF3N8O5S. The Morgan fingerprint density at radius 3 is 2.54 bits per heavy atom. The molecule has 0 unspecified atom stereocenters. The van der Waals surface area contributed by atoms with Crippen molar-refractivity contribution in [1.29, 1.82) is 0 Å². The summed E-state index contributed by atoms with van der Waals surface area (Å²) >= 11 is 6.95. The Morgan fingerprint density at radius 1 is 1.23 bits per heavy atom. The number of aldehydes is 1. The summed E-state index contributed by atoms with van der Waals surface area (Å²) in [6.07, 6.45) is 0.234. The summed E-state index contributed by atoms with van der Waals surface area (Å²) in [4.78, 5) is 53.9. The molecule has 13 nitrogen and oxygen atoms in total. The molecule has 0 saturated carbocycles. The second-order valence-corrected chi connectivity index (χ2v) is 11.8. The van der Waals surface area contributed by atoms with Gasteiger partial charge < -0.3 is 30.4 Å². The van der Waals surface area contributed by atoms with Crippen molar-refractivity contribution in [3.05, 3.63) is 63.0 Å². The number of alkyl halides is 3. The van der Waals surface area contributed by atoms with Crippen LogP contribution in [0.5, 0.6) is 5.06 Å². The van der Waals surface area contributed by atoms with E-state index in [-0.39, 0.29) is 33.9 Å². The molecule has 2 aliphatic heterocycles. The van der Waals surface area contributed by atoms with Gasteiger partial charge in [-0.15, -0.1) is 0 Å². The Bertz CT molecular complexity index is 1620. The number of likely N-dealkylation sites (N-methyl/N-ethyl adjacent to an activating group) is 1. The van der Waals surface area contributed by atoms with Gasteiger partial charge in [0.25, 0.3) is 5.91 Å². The molecule has 1 aromatic carbocycles. The fourth-order valence-electron chi connectivity index (χ4n) is 4.85. The molecule has 2 aliphatic rings. The number of hydrazine groups is 1. The molecule has 48 heavy (non-hydrogen) atoms. The van der Waals surface area contributed by atoms with Gasteiger partial charge in [0, 0.05) is 33.2 Å². The van der Waals surface area contributed by atoms with Crippen LogP contribution in [-0.2, 0) is 20.5 Å². The Kier molecular flexibility index (Phi) is 12.7. The first-order valence-electron chi connectivity index (χ1n) is 14.8. The van der Waals surface area contributed by atoms with Crippen molar-refractivity contribution >= 4 is 58.9 Å². The largest absolute Gasteiger partial charge is 0.498 e. The number of nitrogens with zero attached hydrogens (tertiary/aromatic N) is 6. The van der Waals surface area contributed by atoms with Crippen LogP contribution in [0.2, 0.25) is 5.02 Å². The number of aromatic hydroxyl groups is 1. The number of thiazole rings is 1. The highest BCUT2D eigenvalue weighted by molar-refractivity contribution is 7.11. The lowest BCUT2D eigenvalue weighted by atomic mass is 10.1. The number of carbonyl (C=O) groups is 3. The molecule has 0 bridgehead atoms. The zero-order valence-electron chi connectivity index (χ0n) is 26.1. The highest BCUT2D eigenvalue weighted by atomic mass is 35.5. The third-order valence-corrected chi connectivity index (χ3v) is 8.26. The number of hydrogen-bond donors (Lipinski definition) is 3. The van der Waals surface area contributed by atoms with E-state index in [0.29, 0.717) is 69.5 Å². The summed E-state index contributed by atoms with van der Waals surface area (Å²) in [7, 11) is 1.59. The van der Waals surface area contributed by atoms with Crippen LogP contribution in [0.25, 0.3) is 0 Å². The first-order valence-corrected chi connectivity index (χ1v) is 16.0. The fraction of sp³-hybridized carbons (Fsp3) is 0.400. The number of amidine groups is 1. The number of allylic oxidation sites excluding steroid dienone is 2. The van der Waals surface area contributed by atoms with Gasteiger partial charge in [-0.1, -0.05) is 35.9 Å². The fourth-order valence-corrected chi connectivity index (χ4v) is 5.59. The maximum absolute atomic E-state index is 13.0. The second kappa shape index (κ2) is 16.7. The van der Waals surface area contributed by atoms with E-state index in [9.17, 15) is 32.7 Å². The van der Waals surface area contributed by atoms with Crippen molar-refractivity contribution in [2.45, 2.75) is 25.9 Å². The molecule has 1 saturated heterocycles. The summed E-state index contributed by atoms with van der Waals surface area (Å²) in [5, 5.41) is 13.4. The lowest BCUT2D eigenvalue weighted by molar-refractivity contribution is -0.137. The van der Waals surface area contributed by atoms with Crippen LogP contribution in [0, 0.1) is 0 Å². The quantitative estimate of drug-likeness (QED) is 0.104. The number of benzene rings is 1. The van der Waals surface area contributed by atoms with E-state index in [1.807, 2.05) is 17.9 Å². The van der Waals surface area contributed by atoms with Crippen LogP contribution in [0.15, 0.2) is 56.7 Å². The summed E-state index contributed by atoms with van der Waals surface area (Å²) < 4.78 is 44.3. The molecule has 0 spiro atoms. The minimum absolute atomic E-state index is 0.00944. The van der Waals surface area contributed by atoms with Gasteiger partial charge >= 0.3 is 6.18 Å². The maximum atomic E-state index is 13.0. The summed E-state index contributed by atoms with van der Waals surface area (Å²) in [5.74, 6) is -0.538. The van der Waals surface area contributed by atoms with Crippen LogP contribution >= 0.6 is 22.9 Å². The molecule has 2 amide bonds. The third-order valence-electron chi connectivity index (χ3n) is 7.32. The van der Waals surface area contributed by atoms with E-state index >= 15 is 0 Å². The lowest BCUT2D eigenvalue weighted by Gasteiger charge is -2.36. The molecule has 1 fully saturated rings. The van der Waals surface area contributed by atoms with Crippen LogP contribution in [0.4, 0.5) is 18.9 Å². The normalized spacial score (nSPS) is 16.6. The monoisotopic (exact) mass is 710 g/mol. The van der Waals surface area contributed by atoms with Gasteiger partial charge in [-0.3, -0.25) is 14.4 Å². The number of carbonyl (C=O) groups excluding carboxylic acids is 3. The molecule has 0 radical (unpaired) electrons. The standard InChI is InChI=1S/C30H34ClF3N8O5S/c1-3-22(24(16-43)41-8-10-42(11-9-41)28(45)26-29(46)48-18-37-26)35-17-36-27(19-6-12-47-13-7-19)39-40(2)15-25(44)38-23-5-4-20(14-21(23)31)30(32,33)34/h4-6,14,16-18,46H,3,7-13,15H2,1-2H3,(H,38,44)(H,35,36,39)/b24-22+. The summed E-state index contributed by atoms with van der Waals surface area (Å²) in [6.45, 7) is 3.82. The zero-order valence-corrected chi connectivity index (χ0v) is 27.7. The van der Waals surface area contributed by atoms with Crippen LogP contribution < -0.4 is 10.7 Å². The zero-order chi connectivity index (χ0) is 34.8. The van der Waals surface area contributed by atoms with Crippen LogP contribution in [0.3, 0.4) is 0 Å². The van der Waals surface area contributed by atoms with Gasteiger partial charge in [0.15, 0.2) is 12.0 Å². The highest BCUT2D eigenvalue weighted by Gasteiger charge is 2.31. The summed E-state index contributed by atoms with van der Waals surface area (Å²) in [5.41, 5.74) is 5.21. The number of ether oxygens (including phenoxy) is 1. The predicted octanol–water partition coefficient (Wildman–Crippen LogP) is 3.95. The van der Waals surface area contributed by atoms with E-state index < -0.39 is 17.6 Å². The molecular weight excluding hydrogens is 677 g/mol. The Morgan fingerprint density at radius 2 is 1.96 bits per heavy atom. The number of anilines is 1. The van der Waals surface area contributed by atoms with Crippen LogP contribution in [0.1, 0.15) is 35.8 Å². The Labute approximate surface area is 283 Å². The Balaban J connectivity index is 1.43. The number of hydrogen-bond acceptors (Lipinski definition) is 10. The smallest absolute Gasteiger partial charge is 0.416 e. The lowest BCUT2D eigenvalue weighted by Crippen LogP contribution is -2.48. The second-order valence-electron chi connectivity index (χ2n) is 10.6. The van der Waals surface area contributed by atoms with Gasteiger partial charge in [0.1, 0.15) is 12.2 Å². The van der Waals surface area contributed by atoms with Crippen molar-refractivity contribution < 1.29 is 37.4 Å². The van der Waals surface area contributed by atoms with Crippen molar-refractivity contribution in [1.82, 2.24) is 25.2 Å². The van der Waals surface area contributed by atoms with Gasteiger partial charge in [0.2, 0.25) is 11.0 Å². The number of aliphatic imine (C=N–C) groups is 2. The molecule has 18 heteroatoms. The number of halogens is 4. The molecule has 0 atom stereocenters. The minimum atomic E-state index is -4.57. The van der Waals surface area contributed by atoms with Crippen molar-refractivity contribution in [3.63, 3.8) is 0 Å². The Hall–Kier alpha value is -4.32. The first-order chi connectivity index (χ1) is 22.9. The first kappa shape index (κ1) is 36.5. The van der Waals surface area contributed by atoms with Crippen molar-refractivity contribution in [2.75, 3.05) is 58.3 Å². The van der Waals surface area contributed by atoms with Gasteiger partial charge in [0.05, 0.1) is 52.9 Å². The maximum Gasteiger partial charge on any atom is 0.416 e. The van der Waals surface area contributed by atoms with E-state index in [0.717, 1.165) is 41.4 Å². The number of amides is 2. The molecule has 2 aromatic rings. The average molecular weight is 711 g/mol. The topological polar surface area (TPSA) is 152 Å². The molecule has 4 rings (SSSR count). The molecule has 1 aromatic heterocycles. The molecule has 258 valence electrons. The van der Waals surface area contributed by atoms with Gasteiger partial charge in [-0.05, 0) is 36.6 Å². The third kappa shape index (κ3) is 9.62. The average Bonchev–Trinajstić information content (AvgIpc) is 3.50. The molecule has 3 heterocycles. The number of rotatable bonds is 11. The van der Waals surface area contributed by atoms with E-state index in [1.165, 1.54) is 16.9 Å². The number of nitrogens with one attached hydrogen (secondary N) is 2. The van der Waals surface area contributed by atoms with Crippen molar-refractivity contribution in [3.8, 4) is 5.06 Å². The van der Waals surface area contributed by atoms with Crippen molar-refractivity contribution in [2.24, 2.45) is 9.98 Å². The van der Waals surface area contributed by atoms with Crippen LogP contribution in [-0.4, -0.2) is 108 Å². The van der Waals surface area contributed by atoms with Gasteiger partial charge in [-0.25, -0.2) is 20.0 Å². The summed E-state index contributed by atoms with van der Waals surface area (Å²) in [6, 6.07) is 2.66. The van der Waals surface area contributed by atoms with E-state index in [2.05, 4.69) is 25.7 Å². The SMILES string of the molecule is CC/C(N=CN=C(NN(C)CC(=O)Nc1ccc(C(F)(F)F)cc1Cl)C1=CCOCC1)=C(/C=O)N1CCN(C(=O)c2ncsc2O)CC1. The number of aromatic nitrogens is 1. The van der Waals surface area contributed by atoms with E-state index in [4.69, 9.17) is 16.3 Å². The minimum Gasteiger partial charge on any atom is -0.498 e. The van der Waals surface area contributed by atoms with Gasteiger partial charge in [-0.2, -0.15) is 13.2 Å². The number of piperazine rings is 1. The highest BCUT2D eigenvalue weighted by Crippen LogP contribution is 2.33. The molecule has 0 aliphatic carbocycles. The predicted molar refractivity (Wildman–Crippen MR) is 175 cm³/mol.